The van der Waals surface area contributed by atoms with Gasteiger partial charge in [0.25, 0.3) is 0 Å². The van der Waals surface area contributed by atoms with Crippen LogP contribution in [0.2, 0.25) is 0 Å². The second-order valence-corrected chi connectivity index (χ2v) is 4.51. The molecule has 0 aliphatic rings. The van der Waals surface area contributed by atoms with E-state index in [0.717, 1.165) is 30.9 Å². The Labute approximate surface area is 107 Å². The van der Waals surface area contributed by atoms with Crippen LogP contribution < -0.4 is 5.32 Å². The Bertz CT molecular complexity index is 483. The van der Waals surface area contributed by atoms with Gasteiger partial charge >= 0.3 is 0 Å². The van der Waals surface area contributed by atoms with Crippen LogP contribution in [0.3, 0.4) is 0 Å². The van der Waals surface area contributed by atoms with Crippen LogP contribution in [-0.2, 0) is 13.0 Å². The molecule has 0 aliphatic carbocycles. The van der Waals surface area contributed by atoms with Gasteiger partial charge < -0.3 is 10.4 Å². The maximum Gasteiger partial charge on any atom is 0.115 e. The molecule has 1 aromatic carbocycles. The van der Waals surface area contributed by atoms with Gasteiger partial charge in [0.2, 0.25) is 0 Å². The van der Waals surface area contributed by atoms with Crippen LogP contribution in [0.5, 0.6) is 5.75 Å². The van der Waals surface area contributed by atoms with E-state index in [2.05, 4.69) is 15.5 Å². The largest absolute Gasteiger partial charge is 0.508 e. The molecule has 18 heavy (non-hydrogen) atoms. The molecule has 4 nitrogen and oxygen atoms in total. The zero-order valence-electron chi connectivity index (χ0n) is 10.8. The molecule has 0 saturated heterocycles. The molecule has 0 unspecified atom stereocenters. The molecule has 4 heteroatoms. The van der Waals surface area contributed by atoms with E-state index in [0.29, 0.717) is 5.75 Å². The number of nitrogens with zero attached hydrogens (tertiary/aromatic N) is 1. The van der Waals surface area contributed by atoms with Crippen LogP contribution in [-0.4, -0.2) is 21.8 Å². The van der Waals surface area contributed by atoms with E-state index in [1.54, 1.807) is 12.1 Å². The maximum atomic E-state index is 9.19. The quantitative estimate of drug-likeness (QED) is 0.707. The topological polar surface area (TPSA) is 60.9 Å². The Kier molecular flexibility index (Phi) is 3.99. The number of rotatable bonds is 5. The van der Waals surface area contributed by atoms with E-state index in [-0.39, 0.29) is 0 Å². The molecule has 1 aromatic heterocycles. The number of phenols is 1. The number of hydrogen-bond acceptors (Lipinski definition) is 3. The third kappa shape index (κ3) is 3.11. The van der Waals surface area contributed by atoms with Gasteiger partial charge in [0.1, 0.15) is 5.75 Å². The SMILES string of the molecule is Cc1n[nH]c(C)c1CNCCc1ccc(O)cc1. The fourth-order valence-corrected chi connectivity index (χ4v) is 1.94. The van der Waals surface area contributed by atoms with Gasteiger partial charge in [0, 0.05) is 17.8 Å². The van der Waals surface area contributed by atoms with E-state index in [4.69, 9.17) is 0 Å². The number of nitrogens with one attached hydrogen (secondary N) is 2. The van der Waals surface area contributed by atoms with Gasteiger partial charge in [-0.05, 0) is 44.5 Å². The predicted octanol–water partition coefficient (Wildman–Crippen LogP) is 2.06. The number of phenolic OH excluding ortho intramolecular Hbond substituents is 1. The van der Waals surface area contributed by atoms with E-state index >= 15 is 0 Å². The number of aromatic nitrogens is 2. The minimum atomic E-state index is 0.316. The zero-order valence-corrected chi connectivity index (χ0v) is 10.8. The molecule has 3 N–H and O–H groups in total. The summed E-state index contributed by atoms with van der Waals surface area (Å²) in [5.41, 5.74) is 4.66. The van der Waals surface area contributed by atoms with Crippen LogP contribution >= 0.6 is 0 Å². The first-order valence-corrected chi connectivity index (χ1v) is 6.16. The second-order valence-electron chi connectivity index (χ2n) is 4.51. The van der Waals surface area contributed by atoms with Gasteiger partial charge in [-0.3, -0.25) is 5.10 Å². The van der Waals surface area contributed by atoms with Gasteiger partial charge in [-0.15, -0.1) is 0 Å². The summed E-state index contributed by atoms with van der Waals surface area (Å²) >= 11 is 0. The number of H-pyrrole nitrogens is 1. The van der Waals surface area contributed by atoms with Crippen LogP contribution in [0.1, 0.15) is 22.5 Å². The van der Waals surface area contributed by atoms with Crippen LogP contribution in [0.25, 0.3) is 0 Å². The molecule has 0 bridgehead atoms. The van der Waals surface area contributed by atoms with Crippen molar-refractivity contribution in [1.29, 1.82) is 0 Å². The fourth-order valence-electron chi connectivity index (χ4n) is 1.94. The van der Waals surface area contributed by atoms with Gasteiger partial charge in [-0.2, -0.15) is 5.10 Å². The molecule has 0 fully saturated rings. The Morgan fingerprint density at radius 1 is 1.22 bits per heavy atom. The van der Waals surface area contributed by atoms with Gasteiger partial charge in [-0.1, -0.05) is 12.1 Å². The number of hydrogen-bond donors (Lipinski definition) is 3. The molecule has 2 aromatic rings. The number of aromatic amines is 1. The summed E-state index contributed by atoms with van der Waals surface area (Å²) in [5, 5.41) is 19.8. The molecule has 0 saturated carbocycles. The van der Waals surface area contributed by atoms with Crippen molar-refractivity contribution in [3.8, 4) is 5.75 Å². The Balaban J connectivity index is 1.78. The average Bonchev–Trinajstić information content (AvgIpc) is 2.68. The molecular weight excluding hydrogens is 226 g/mol. The highest BCUT2D eigenvalue weighted by Crippen LogP contribution is 2.10. The van der Waals surface area contributed by atoms with Crippen molar-refractivity contribution < 1.29 is 5.11 Å². The molecule has 0 atom stereocenters. The van der Waals surface area contributed by atoms with Gasteiger partial charge in [0.05, 0.1) is 5.69 Å². The summed E-state index contributed by atoms with van der Waals surface area (Å²) < 4.78 is 0. The molecule has 0 amide bonds. The minimum absolute atomic E-state index is 0.316. The van der Waals surface area contributed by atoms with Crippen molar-refractivity contribution in [2.75, 3.05) is 6.54 Å². The lowest BCUT2D eigenvalue weighted by Gasteiger charge is -2.05. The van der Waals surface area contributed by atoms with Crippen molar-refractivity contribution in [3.05, 3.63) is 46.8 Å². The van der Waals surface area contributed by atoms with E-state index in [1.165, 1.54) is 11.1 Å². The highest BCUT2D eigenvalue weighted by atomic mass is 16.3. The summed E-state index contributed by atoms with van der Waals surface area (Å²) in [7, 11) is 0. The van der Waals surface area contributed by atoms with Crippen LogP contribution in [0, 0.1) is 13.8 Å². The lowest BCUT2D eigenvalue weighted by atomic mass is 10.1. The van der Waals surface area contributed by atoms with Gasteiger partial charge in [-0.25, -0.2) is 0 Å². The Morgan fingerprint density at radius 2 is 1.94 bits per heavy atom. The summed E-state index contributed by atoms with van der Waals surface area (Å²) in [6, 6.07) is 7.34. The van der Waals surface area contributed by atoms with Crippen molar-refractivity contribution in [2.24, 2.45) is 0 Å². The third-order valence-corrected chi connectivity index (χ3v) is 3.11. The molecule has 2 rings (SSSR count). The van der Waals surface area contributed by atoms with Crippen molar-refractivity contribution >= 4 is 0 Å². The Hall–Kier alpha value is -1.81. The lowest BCUT2D eigenvalue weighted by molar-refractivity contribution is 0.475. The maximum absolute atomic E-state index is 9.19. The number of benzene rings is 1. The number of aromatic hydroxyl groups is 1. The first kappa shape index (κ1) is 12.6. The minimum Gasteiger partial charge on any atom is -0.508 e. The van der Waals surface area contributed by atoms with Gasteiger partial charge in [0.15, 0.2) is 0 Å². The van der Waals surface area contributed by atoms with Crippen LogP contribution in [0.15, 0.2) is 24.3 Å². The standard InChI is InChI=1S/C14H19N3O/c1-10-14(11(2)17-16-10)9-15-8-7-12-3-5-13(18)6-4-12/h3-6,15,18H,7-9H2,1-2H3,(H,16,17). The molecular formula is C14H19N3O. The van der Waals surface area contributed by atoms with Crippen molar-refractivity contribution in [1.82, 2.24) is 15.5 Å². The monoisotopic (exact) mass is 245 g/mol. The second kappa shape index (κ2) is 5.69. The van der Waals surface area contributed by atoms with Crippen molar-refractivity contribution in [3.63, 3.8) is 0 Å². The van der Waals surface area contributed by atoms with E-state index < -0.39 is 0 Å². The normalized spacial score (nSPS) is 10.8. The van der Waals surface area contributed by atoms with E-state index in [9.17, 15) is 5.11 Å². The smallest absolute Gasteiger partial charge is 0.115 e. The molecule has 1 heterocycles. The third-order valence-electron chi connectivity index (χ3n) is 3.11. The molecule has 0 radical (unpaired) electrons. The highest BCUT2D eigenvalue weighted by Gasteiger charge is 2.04. The van der Waals surface area contributed by atoms with Crippen molar-refractivity contribution in [2.45, 2.75) is 26.8 Å². The van der Waals surface area contributed by atoms with E-state index in [1.807, 2.05) is 26.0 Å². The summed E-state index contributed by atoms with van der Waals surface area (Å²) in [5.74, 6) is 0.316. The fraction of sp³-hybridized carbons (Fsp3) is 0.357. The average molecular weight is 245 g/mol. The summed E-state index contributed by atoms with van der Waals surface area (Å²) in [4.78, 5) is 0. The first-order chi connectivity index (χ1) is 8.66. The summed E-state index contributed by atoms with van der Waals surface area (Å²) in [6.07, 6.45) is 0.955. The predicted molar refractivity (Wildman–Crippen MR) is 71.6 cm³/mol. The zero-order chi connectivity index (χ0) is 13.0. The van der Waals surface area contributed by atoms with Crippen LogP contribution in [0.4, 0.5) is 0 Å². The first-order valence-electron chi connectivity index (χ1n) is 6.16. The molecule has 96 valence electrons. The molecule has 0 aliphatic heterocycles. The highest BCUT2D eigenvalue weighted by molar-refractivity contribution is 5.26. The lowest BCUT2D eigenvalue weighted by Crippen LogP contribution is -2.17. The number of aryl methyl sites for hydroxylation is 2. The summed E-state index contributed by atoms with van der Waals surface area (Å²) in [6.45, 7) is 5.80. The Morgan fingerprint density at radius 3 is 2.56 bits per heavy atom. The molecule has 0 spiro atoms.